The Hall–Kier alpha value is -3.08. The van der Waals surface area contributed by atoms with Gasteiger partial charge < -0.3 is 19.9 Å². The van der Waals surface area contributed by atoms with E-state index in [0.29, 0.717) is 53.9 Å². The second-order valence-corrected chi connectivity index (χ2v) is 13.3. The van der Waals surface area contributed by atoms with Crippen molar-refractivity contribution < 1.29 is 32.7 Å². The van der Waals surface area contributed by atoms with E-state index in [-0.39, 0.29) is 37.6 Å². The van der Waals surface area contributed by atoms with Gasteiger partial charge in [-0.05, 0) is 93.1 Å². The lowest BCUT2D eigenvalue weighted by Gasteiger charge is -2.40. The third-order valence-corrected chi connectivity index (χ3v) is 10.2. The standard InChI is InChI=1S/C19H20F2N2O4.C13H22N2O/c20-19(21)7-1-2-13(9-19)27-12-3-4-14-11(8-12)10-23(18(14)26)15-5-6-16(24)22-17(15)25;1-9-6-12(9)13(16)15-4-2-10(3-5-15)11-7-14-8-11/h3-4,8,13,15H,1-2,5-7,9-10H2,(H,22,24,25);9-12,14H,2-8H2,1H3. The van der Waals surface area contributed by atoms with Gasteiger partial charge in [0.05, 0.1) is 0 Å². The maximum atomic E-state index is 13.6. The van der Waals surface area contributed by atoms with Gasteiger partial charge in [-0.25, -0.2) is 8.78 Å². The molecule has 11 heteroatoms. The van der Waals surface area contributed by atoms with Gasteiger partial charge in [0.25, 0.3) is 11.8 Å². The first-order chi connectivity index (χ1) is 20.6. The molecule has 1 aromatic carbocycles. The number of benzene rings is 1. The Morgan fingerprint density at radius 3 is 2.42 bits per heavy atom. The number of hydrogen-bond acceptors (Lipinski definition) is 6. The van der Waals surface area contributed by atoms with Gasteiger partial charge in [-0.2, -0.15) is 0 Å². The number of amides is 4. The highest BCUT2D eigenvalue weighted by atomic mass is 19.3. The van der Waals surface area contributed by atoms with Gasteiger partial charge >= 0.3 is 0 Å². The lowest BCUT2D eigenvalue weighted by Crippen LogP contribution is -2.52. The summed E-state index contributed by atoms with van der Waals surface area (Å²) in [6, 6.07) is 4.23. The minimum atomic E-state index is -2.70. The molecule has 4 amide bonds. The number of hydrogen-bond donors (Lipinski definition) is 2. The van der Waals surface area contributed by atoms with Gasteiger partial charge in [-0.15, -0.1) is 0 Å². The van der Waals surface area contributed by atoms with Crippen molar-refractivity contribution in [1.29, 1.82) is 0 Å². The van der Waals surface area contributed by atoms with Gasteiger partial charge in [0.1, 0.15) is 17.9 Å². The molecule has 0 bridgehead atoms. The summed E-state index contributed by atoms with van der Waals surface area (Å²) in [7, 11) is 0. The SMILES string of the molecule is CC1CC1C(=O)N1CCC(C2CNC2)CC1.O=C1CCC(N2Cc3cc(OC4CCCC(F)(F)C4)ccc3C2=O)C(=O)N1. The topological polar surface area (TPSA) is 108 Å². The molecule has 2 N–H and O–H groups in total. The Morgan fingerprint density at radius 2 is 1.79 bits per heavy atom. The van der Waals surface area contributed by atoms with E-state index >= 15 is 0 Å². The zero-order chi connectivity index (χ0) is 30.3. The molecule has 0 spiro atoms. The minimum absolute atomic E-state index is 0.105. The van der Waals surface area contributed by atoms with Crippen molar-refractivity contribution in [2.24, 2.45) is 23.7 Å². The maximum absolute atomic E-state index is 13.6. The molecule has 5 fully saturated rings. The number of carbonyl (C=O) groups excluding carboxylic acids is 4. The van der Waals surface area contributed by atoms with Crippen molar-refractivity contribution in [3.8, 4) is 5.75 Å². The summed E-state index contributed by atoms with van der Waals surface area (Å²) in [6.07, 6.45) is 4.14. The Morgan fingerprint density at radius 1 is 1.05 bits per heavy atom. The van der Waals surface area contributed by atoms with Crippen LogP contribution in [0, 0.1) is 23.7 Å². The summed E-state index contributed by atoms with van der Waals surface area (Å²) in [5, 5.41) is 5.61. The highest BCUT2D eigenvalue weighted by molar-refractivity contribution is 6.05. The molecule has 4 atom stereocenters. The van der Waals surface area contributed by atoms with Gasteiger partial charge in [-0.1, -0.05) is 6.92 Å². The Balaban J connectivity index is 0.000000174. The third kappa shape index (κ3) is 6.71. The summed E-state index contributed by atoms with van der Waals surface area (Å²) in [5.74, 6) is -0.0592. The van der Waals surface area contributed by atoms with Crippen LogP contribution in [-0.4, -0.2) is 77.7 Å². The Kier molecular flexibility index (Phi) is 8.45. The van der Waals surface area contributed by atoms with Gasteiger partial charge in [0.2, 0.25) is 17.7 Å². The molecule has 2 aliphatic carbocycles. The number of nitrogens with zero attached hydrogens (tertiary/aromatic N) is 2. The van der Waals surface area contributed by atoms with Crippen LogP contribution in [0.5, 0.6) is 5.75 Å². The normalized spacial score (nSPS) is 30.5. The van der Waals surface area contributed by atoms with Gasteiger partial charge in [0, 0.05) is 50.4 Å². The van der Waals surface area contributed by atoms with E-state index in [2.05, 4.69) is 22.5 Å². The lowest BCUT2D eigenvalue weighted by atomic mass is 9.81. The van der Waals surface area contributed by atoms with Crippen LogP contribution in [0.4, 0.5) is 8.78 Å². The van der Waals surface area contributed by atoms with Crippen LogP contribution in [0.1, 0.15) is 80.6 Å². The molecule has 234 valence electrons. The third-order valence-electron chi connectivity index (χ3n) is 10.2. The van der Waals surface area contributed by atoms with Crippen LogP contribution in [0.2, 0.25) is 0 Å². The first kappa shape index (κ1) is 30.0. The molecular formula is C32H42F2N4O5. The molecule has 4 unspecified atom stereocenters. The van der Waals surface area contributed by atoms with Crippen LogP contribution < -0.4 is 15.4 Å². The summed E-state index contributed by atoms with van der Waals surface area (Å²) < 4.78 is 32.8. The first-order valence-electron chi connectivity index (χ1n) is 15.9. The molecule has 0 radical (unpaired) electrons. The van der Waals surface area contributed by atoms with Crippen molar-refractivity contribution in [3.05, 3.63) is 29.3 Å². The van der Waals surface area contributed by atoms with Crippen molar-refractivity contribution in [1.82, 2.24) is 20.4 Å². The number of likely N-dealkylation sites (tertiary alicyclic amines) is 1. The molecule has 1 aromatic rings. The van der Waals surface area contributed by atoms with Crippen molar-refractivity contribution in [2.45, 2.75) is 89.3 Å². The summed E-state index contributed by atoms with van der Waals surface area (Å²) >= 11 is 0. The van der Waals surface area contributed by atoms with Crippen molar-refractivity contribution in [2.75, 3.05) is 26.2 Å². The maximum Gasteiger partial charge on any atom is 0.255 e. The number of carbonyl (C=O) groups is 4. The largest absolute Gasteiger partial charge is 0.490 e. The number of alkyl halides is 2. The molecule has 43 heavy (non-hydrogen) atoms. The number of fused-ring (bicyclic) bond motifs is 1. The molecule has 3 saturated heterocycles. The zero-order valence-corrected chi connectivity index (χ0v) is 24.8. The molecule has 4 heterocycles. The predicted octanol–water partition coefficient (Wildman–Crippen LogP) is 3.50. The molecule has 7 rings (SSSR count). The monoisotopic (exact) mass is 600 g/mol. The lowest BCUT2D eigenvalue weighted by molar-refractivity contribution is -0.137. The van der Waals surface area contributed by atoms with E-state index in [1.807, 2.05) is 0 Å². The number of nitrogens with one attached hydrogen (secondary N) is 2. The molecule has 2 saturated carbocycles. The zero-order valence-electron chi connectivity index (χ0n) is 24.8. The number of ether oxygens (including phenoxy) is 1. The quantitative estimate of drug-likeness (QED) is 0.501. The van der Waals surface area contributed by atoms with E-state index < -0.39 is 24.0 Å². The number of imide groups is 1. The first-order valence-corrected chi connectivity index (χ1v) is 15.9. The van der Waals surface area contributed by atoms with Crippen LogP contribution in [0.15, 0.2) is 18.2 Å². The van der Waals surface area contributed by atoms with Crippen LogP contribution in [-0.2, 0) is 20.9 Å². The number of halogens is 2. The molecular weight excluding hydrogens is 558 g/mol. The minimum Gasteiger partial charge on any atom is -0.490 e. The van der Waals surface area contributed by atoms with Gasteiger partial charge in [0.15, 0.2) is 0 Å². The van der Waals surface area contributed by atoms with E-state index in [1.54, 1.807) is 18.2 Å². The van der Waals surface area contributed by atoms with Crippen LogP contribution in [0.25, 0.3) is 0 Å². The fraction of sp³-hybridized carbons (Fsp3) is 0.688. The van der Waals surface area contributed by atoms with Crippen LogP contribution in [0.3, 0.4) is 0 Å². The summed E-state index contributed by atoms with van der Waals surface area (Å²) in [5.41, 5.74) is 1.17. The fourth-order valence-electron chi connectivity index (χ4n) is 7.18. The van der Waals surface area contributed by atoms with E-state index in [9.17, 15) is 28.0 Å². The average molecular weight is 601 g/mol. The average Bonchev–Trinajstić information content (AvgIpc) is 3.58. The molecule has 0 aromatic heterocycles. The fourth-order valence-corrected chi connectivity index (χ4v) is 7.18. The van der Waals surface area contributed by atoms with Crippen LogP contribution >= 0.6 is 0 Å². The molecule has 4 aliphatic heterocycles. The van der Waals surface area contributed by atoms with Crippen molar-refractivity contribution in [3.63, 3.8) is 0 Å². The number of piperidine rings is 2. The van der Waals surface area contributed by atoms with Gasteiger partial charge in [-0.3, -0.25) is 24.5 Å². The van der Waals surface area contributed by atoms with E-state index in [1.165, 1.54) is 30.8 Å². The van der Waals surface area contributed by atoms with E-state index in [4.69, 9.17) is 4.74 Å². The summed E-state index contributed by atoms with van der Waals surface area (Å²) in [6.45, 7) is 6.87. The Labute approximate surface area is 251 Å². The Bertz CT molecular complexity index is 1260. The smallest absolute Gasteiger partial charge is 0.255 e. The second-order valence-electron chi connectivity index (χ2n) is 13.3. The molecule has 9 nitrogen and oxygen atoms in total. The highest BCUT2D eigenvalue weighted by Gasteiger charge is 2.43. The molecule has 6 aliphatic rings. The number of rotatable bonds is 5. The second kappa shape index (κ2) is 12.1. The highest BCUT2D eigenvalue weighted by Crippen LogP contribution is 2.40. The predicted molar refractivity (Wildman–Crippen MR) is 153 cm³/mol. The van der Waals surface area contributed by atoms with E-state index in [0.717, 1.165) is 31.3 Å². The van der Waals surface area contributed by atoms with Crippen molar-refractivity contribution >= 4 is 23.6 Å². The summed E-state index contributed by atoms with van der Waals surface area (Å²) in [4.78, 5) is 51.6.